The third-order valence-electron chi connectivity index (χ3n) is 3.22. The van der Waals surface area contributed by atoms with Gasteiger partial charge < -0.3 is 10.2 Å². The van der Waals surface area contributed by atoms with E-state index in [1.807, 2.05) is 18.3 Å². The number of rotatable bonds is 6. The molecule has 0 bridgehead atoms. The zero-order chi connectivity index (χ0) is 11.4. The molecule has 0 amide bonds. The average molecular weight is 219 g/mol. The van der Waals surface area contributed by atoms with E-state index in [9.17, 15) is 0 Å². The highest BCUT2D eigenvalue weighted by atomic mass is 15.1. The molecule has 1 aromatic heterocycles. The molecule has 0 saturated heterocycles. The van der Waals surface area contributed by atoms with E-state index < -0.39 is 0 Å². The Morgan fingerprint density at radius 1 is 1.44 bits per heavy atom. The summed E-state index contributed by atoms with van der Waals surface area (Å²) in [6, 6.07) is 6.74. The van der Waals surface area contributed by atoms with Gasteiger partial charge in [0, 0.05) is 25.3 Å². The van der Waals surface area contributed by atoms with Crippen molar-refractivity contribution in [3.63, 3.8) is 0 Å². The summed E-state index contributed by atoms with van der Waals surface area (Å²) < 4.78 is 0. The van der Waals surface area contributed by atoms with Crippen LogP contribution in [0.15, 0.2) is 24.4 Å². The molecule has 3 nitrogen and oxygen atoms in total. The maximum Gasteiger partial charge on any atom is 0.0541 e. The van der Waals surface area contributed by atoms with Gasteiger partial charge in [-0.05, 0) is 45.0 Å². The van der Waals surface area contributed by atoms with Crippen LogP contribution in [0.1, 0.15) is 18.5 Å². The van der Waals surface area contributed by atoms with Gasteiger partial charge in [0.1, 0.15) is 0 Å². The Morgan fingerprint density at radius 3 is 2.81 bits per heavy atom. The van der Waals surface area contributed by atoms with Gasteiger partial charge in [-0.3, -0.25) is 4.98 Å². The first-order valence-electron chi connectivity index (χ1n) is 6.04. The number of hydrogen-bond acceptors (Lipinski definition) is 3. The standard InChI is InChI=1S/C13H21N3/c1-16(2)13(11-6-7-11)10-14-9-12-5-3-4-8-15-12/h3-5,8,11,13-14H,6-7,9-10H2,1-2H3. The van der Waals surface area contributed by atoms with Crippen LogP contribution in [-0.2, 0) is 6.54 Å². The first-order valence-corrected chi connectivity index (χ1v) is 6.04. The van der Waals surface area contributed by atoms with Crippen LogP contribution < -0.4 is 5.32 Å². The van der Waals surface area contributed by atoms with Crippen LogP contribution in [0.3, 0.4) is 0 Å². The van der Waals surface area contributed by atoms with Crippen molar-refractivity contribution in [2.75, 3.05) is 20.6 Å². The van der Waals surface area contributed by atoms with E-state index in [4.69, 9.17) is 0 Å². The lowest BCUT2D eigenvalue weighted by atomic mass is 10.1. The molecule has 2 rings (SSSR count). The maximum absolute atomic E-state index is 4.30. The average Bonchev–Trinajstić information content (AvgIpc) is 3.09. The van der Waals surface area contributed by atoms with Crippen molar-refractivity contribution in [3.05, 3.63) is 30.1 Å². The smallest absolute Gasteiger partial charge is 0.0541 e. The zero-order valence-electron chi connectivity index (χ0n) is 10.2. The van der Waals surface area contributed by atoms with Crippen molar-refractivity contribution in [3.8, 4) is 0 Å². The second-order valence-corrected chi connectivity index (χ2v) is 4.82. The van der Waals surface area contributed by atoms with Crippen molar-refractivity contribution in [1.29, 1.82) is 0 Å². The Morgan fingerprint density at radius 2 is 2.25 bits per heavy atom. The van der Waals surface area contributed by atoms with Gasteiger partial charge in [-0.15, -0.1) is 0 Å². The van der Waals surface area contributed by atoms with Crippen molar-refractivity contribution >= 4 is 0 Å². The van der Waals surface area contributed by atoms with Crippen molar-refractivity contribution in [1.82, 2.24) is 15.2 Å². The first kappa shape index (κ1) is 11.6. The highest BCUT2D eigenvalue weighted by molar-refractivity contribution is 5.03. The Kier molecular flexibility index (Phi) is 3.91. The largest absolute Gasteiger partial charge is 0.310 e. The summed E-state index contributed by atoms with van der Waals surface area (Å²) in [5, 5.41) is 3.50. The third-order valence-corrected chi connectivity index (χ3v) is 3.22. The summed E-state index contributed by atoms with van der Waals surface area (Å²) in [6.07, 6.45) is 4.64. The molecular formula is C13H21N3. The summed E-state index contributed by atoms with van der Waals surface area (Å²) in [5.41, 5.74) is 1.12. The second kappa shape index (κ2) is 5.41. The minimum absolute atomic E-state index is 0.684. The molecule has 3 heteroatoms. The molecule has 1 atom stereocenters. The molecule has 0 aliphatic heterocycles. The third kappa shape index (κ3) is 3.29. The Bertz CT molecular complexity index is 304. The van der Waals surface area contributed by atoms with E-state index in [0.29, 0.717) is 6.04 Å². The molecule has 1 aromatic rings. The number of aromatic nitrogens is 1. The summed E-state index contributed by atoms with van der Waals surface area (Å²) in [7, 11) is 4.34. The molecule has 1 heterocycles. The van der Waals surface area contributed by atoms with Gasteiger partial charge in [0.25, 0.3) is 0 Å². The van der Waals surface area contributed by atoms with E-state index in [1.54, 1.807) is 0 Å². The molecule has 1 N–H and O–H groups in total. The SMILES string of the molecule is CN(C)C(CNCc1ccccn1)C1CC1. The van der Waals surface area contributed by atoms with Gasteiger partial charge in [-0.2, -0.15) is 0 Å². The van der Waals surface area contributed by atoms with E-state index in [1.165, 1.54) is 12.8 Å². The van der Waals surface area contributed by atoms with Crippen molar-refractivity contribution in [2.45, 2.75) is 25.4 Å². The highest BCUT2D eigenvalue weighted by Crippen LogP contribution is 2.34. The van der Waals surface area contributed by atoms with Crippen molar-refractivity contribution in [2.24, 2.45) is 5.92 Å². The predicted octanol–water partition coefficient (Wildman–Crippen LogP) is 1.51. The second-order valence-electron chi connectivity index (χ2n) is 4.82. The maximum atomic E-state index is 4.30. The lowest BCUT2D eigenvalue weighted by molar-refractivity contribution is 0.255. The molecule has 0 radical (unpaired) electrons. The van der Waals surface area contributed by atoms with Crippen LogP contribution in [0.5, 0.6) is 0 Å². The van der Waals surface area contributed by atoms with E-state index in [0.717, 1.165) is 24.7 Å². The number of pyridine rings is 1. The molecule has 88 valence electrons. The Hall–Kier alpha value is -0.930. The molecule has 1 saturated carbocycles. The van der Waals surface area contributed by atoms with Crippen LogP contribution in [-0.4, -0.2) is 36.6 Å². The van der Waals surface area contributed by atoms with Gasteiger partial charge in [0.15, 0.2) is 0 Å². The summed E-state index contributed by atoms with van der Waals surface area (Å²) in [6.45, 7) is 1.94. The van der Waals surface area contributed by atoms with E-state index in [-0.39, 0.29) is 0 Å². The number of nitrogens with one attached hydrogen (secondary N) is 1. The topological polar surface area (TPSA) is 28.2 Å². The first-order chi connectivity index (χ1) is 7.77. The fourth-order valence-corrected chi connectivity index (χ4v) is 2.10. The molecule has 0 aromatic carbocycles. The minimum atomic E-state index is 0.684. The minimum Gasteiger partial charge on any atom is -0.310 e. The van der Waals surface area contributed by atoms with E-state index in [2.05, 4.69) is 35.4 Å². The molecule has 0 spiro atoms. The predicted molar refractivity (Wildman–Crippen MR) is 66.1 cm³/mol. The van der Waals surface area contributed by atoms with Crippen LogP contribution in [0.2, 0.25) is 0 Å². The van der Waals surface area contributed by atoms with Crippen LogP contribution in [0.4, 0.5) is 0 Å². The zero-order valence-corrected chi connectivity index (χ0v) is 10.2. The lowest BCUT2D eigenvalue weighted by Crippen LogP contribution is -2.39. The molecule has 1 unspecified atom stereocenters. The summed E-state index contributed by atoms with van der Waals surface area (Å²) in [5.74, 6) is 0.909. The van der Waals surface area contributed by atoms with Gasteiger partial charge in [-0.1, -0.05) is 6.07 Å². The molecule has 1 aliphatic carbocycles. The van der Waals surface area contributed by atoms with Gasteiger partial charge >= 0.3 is 0 Å². The molecule has 16 heavy (non-hydrogen) atoms. The van der Waals surface area contributed by atoms with Gasteiger partial charge in [-0.25, -0.2) is 0 Å². The Balaban J connectivity index is 1.74. The van der Waals surface area contributed by atoms with Crippen molar-refractivity contribution < 1.29 is 0 Å². The van der Waals surface area contributed by atoms with Gasteiger partial charge in [0.2, 0.25) is 0 Å². The van der Waals surface area contributed by atoms with Gasteiger partial charge in [0.05, 0.1) is 5.69 Å². The summed E-state index contributed by atoms with van der Waals surface area (Å²) >= 11 is 0. The van der Waals surface area contributed by atoms with E-state index >= 15 is 0 Å². The number of likely N-dealkylation sites (N-methyl/N-ethyl adjacent to an activating group) is 1. The highest BCUT2D eigenvalue weighted by Gasteiger charge is 2.31. The molecule has 1 fully saturated rings. The number of hydrogen-bond donors (Lipinski definition) is 1. The molecular weight excluding hydrogens is 198 g/mol. The lowest BCUT2D eigenvalue weighted by Gasteiger charge is -2.24. The molecule has 1 aliphatic rings. The summed E-state index contributed by atoms with van der Waals surface area (Å²) in [4.78, 5) is 6.64. The van der Waals surface area contributed by atoms with Crippen LogP contribution in [0.25, 0.3) is 0 Å². The number of nitrogens with zero attached hydrogens (tertiary/aromatic N) is 2. The fraction of sp³-hybridized carbons (Fsp3) is 0.615. The van der Waals surface area contributed by atoms with Crippen LogP contribution >= 0.6 is 0 Å². The van der Waals surface area contributed by atoms with Crippen LogP contribution in [0, 0.1) is 5.92 Å². The normalized spacial score (nSPS) is 17.7. The fourth-order valence-electron chi connectivity index (χ4n) is 2.10. The monoisotopic (exact) mass is 219 g/mol. The Labute approximate surface area is 97.9 Å². The quantitative estimate of drug-likeness (QED) is 0.786.